The fourth-order valence-electron chi connectivity index (χ4n) is 1.89. The van der Waals surface area contributed by atoms with Crippen molar-refractivity contribution < 1.29 is 9.53 Å². The molecule has 1 amide bonds. The molecular formula is C17H28N2O2. The molecule has 0 radical (unpaired) electrons. The fraction of sp³-hybridized carbons (Fsp3) is 0.588. The van der Waals surface area contributed by atoms with Gasteiger partial charge in [0.05, 0.1) is 6.61 Å². The molecule has 0 aliphatic heterocycles. The normalized spacial score (nSPS) is 11.2. The molecule has 1 aromatic rings. The van der Waals surface area contributed by atoms with E-state index in [1.807, 2.05) is 12.1 Å². The maximum atomic E-state index is 11.5. The molecule has 0 atom stereocenters. The third-order valence-corrected chi connectivity index (χ3v) is 3.24. The minimum atomic E-state index is 0.0649. The molecule has 21 heavy (non-hydrogen) atoms. The first-order chi connectivity index (χ1) is 9.93. The monoisotopic (exact) mass is 292 g/mol. The van der Waals surface area contributed by atoms with Crippen LogP contribution in [-0.4, -0.2) is 25.6 Å². The second-order valence-electron chi connectivity index (χ2n) is 6.22. The first-order valence-corrected chi connectivity index (χ1v) is 7.63. The molecule has 0 saturated heterocycles. The van der Waals surface area contributed by atoms with Crippen molar-refractivity contribution in [1.82, 2.24) is 5.32 Å². The van der Waals surface area contributed by atoms with Crippen molar-refractivity contribution in [2.45, 2.75) is 45.4 Å². The summed E-state index contributed by atoms with van der Waals surface area (Å²) in [5.41, 5.74) is 6.81. The number of amides is 1. The lowest BCUT2D eigenvalue weighted by Gasteiger charge is -2.19. The number of carbonyl (C=O) groups excluding carboxylic acids is 1. The minimum absolute atomic E-state index is 0.0649. The molecule has 0 spiro atoms. The largest absolute Gasteiger partial charge is 0.494 e. The van der Waals surface area contributed by atoms with Crippen molar-refractivity contribution >= 4 is 5.91 Å². The molecule has 0 unspecified atom stereocenters. The van der Waals surface area contributed by atoms with E-state index in [1.165, 1.54) is 5.56 Å². The van der Waals surface area contributed by atoms with Gasteiger partial charge in [0.25, 0.3) is 0 Å². The molecule has 3 N–H and O–H groups in total. The molecule has 0 heterocycles. The van der Waals surface area contributed by atoms with Crippen LogP contribution in [0.2, 0.25) is 0 Å². The first kappa shape index (κ1) is 17.5. The van der Waals surface area contributed by atoms with Crippen LogP contribution in [0.1, 0.15) is 45.6 Å². The standard InChI is InChI=1S/C17H28N2O2/c1-17(2,3)14-7-9-15(10-8-14)21-13-4-6-16(20)19-12-5-11-18/h7-10H,4-6,11-13,18H2,1-3H3,(H,19,20). The van der Waals surface area contributed by atoms with Crippen molar-refractivity contribution in [3.8, 4) is 5.75 Å². The van der Waals surface area contributed by atoms with Gasteiger partial charge in [-0.25, -0.2) is 0 Å². The van der Waals surface area contributed by atoms with Crippen LogP contribution in [0.4, 0.5) is 0 Å². The zero-order valence-corrected chi connectivity index (χ0v) is 13.4. The molecule has 0 saturated carbocycles. The number of nitrogens with two attached hydrogens (primary N) is 1. The molecule has 1 aromatic carbocycles. The van der Waals surface area contributed by atoms with Gasteiger partial charge in [-0.15, -0.1) is 0 Å². The van der Waals surface area contributed by atoms with Crippen molar-refractivity contribution in [3.63, 3.8) is 0 Å². The second kappa shape index (κ2) is 8.67. The Labute approximate surface area is 128 Å². The van der Waals surface area contributed by atoms with Crippen molar-refractivity contribution in [1.29, 1.82) is 0 Å². The summed E-state index contributed by atoms with van der Waals surface area (Å²) in [7, 11) is 0. The van der Waals surface area contributed by atoms with Crippen molar-refractivity contribution in [2.75, 3.05) is 19.7 Å². The topological polar surface area (TPSA) is 64.3 Å². The average molecular weight is 292 g/mol. The predicted molar refractivity (Wildman–Crippen MR) is 86.6 cm³/mol. The van der Waals surface area contributed by atoms with Crippen LogP contribution < -0.4 is 15.8 Å². The highest BCUT2D eigenvalue weighted by atomic mass is 16.5. The number of nitrogens with one attached hydrogen (secondary N) is 1. The Morgan fingerprint density at radius 1 is 1.19 bits per heavy atom. The fourth-order valence-corrected chi connectivity index (χ4v) is 1.89. The molecule has 1 rings (SSSR count). The lowest BCUT2D eigenvalue weighted by Crippen LogP contribution is -2.26. The molecule has 4 heteroatoms. The van der Waals surface area contributed by atoms with Gasteiger partial charge < -0.3 is 15.8 Å². The number of rotatable bonds is 8. The van der Waals surface area contributed by atoms with E-state index in [0.29, 0.717) is 26.1 Å². The Balaban J connectivity index is 2.22. The van der Waals surface area contributed by atoms with Crippen LogP contribution in [0.5, 0.6) is 5.75 Å². The molecule has 0 aliphatic carbocycles. The summed E-state index contributed by atoms with van der Waals surface area (Å²) in [6, 6.07) is 8.16. The number of hydrogen-bond acceptors (Lipinski definition) is 3. The highest BCUT2D eigenvalue weighted by Crippen LogP contribution is 2.24. The predicted octanol–water partition coefficient (Wildman–Crippen LogP) is 2.61. The van der Waals surface area contributed by atoms with E-state index in [1.54, 1.807) is 0 Å². The Bertz CT molecular complexity index is 421. The number of ether oxygens (including phenoxy) is 1. The van der Waals surface area contributed by atoms with E-state index in [4.69, 9.17) is 10.5 Å². The van der Waals surface area contributed by atoms with Crippen LogP contribution in [-0.2, 0) is 10.2 Å². The van der Waals surface area contributed by atoms with Gasteiger partial charge in [0, 0.05) is 13.0 Å². The average Bonchev–Trinajstić information content (AvgIpc) is 2.43. The van der Waals surface area contributed by atoms with Crippen molar-refractivity contribution in [2.24, 2.45) is 5.73 Å². The molecule has 0 aromatic heterocycles. The quantitative estimate of drug-likeness (QED) is 0.724. The van der Waals surface area contributed by atoms with Gasteiger partial charge in [0.15, 0.2) is 0 Å². The minimum Gasteiger partial charge on any atom is -0.494 e. The molecule has 0 fully saturated rings. The van der Waals surface area contributed by atoms with Gasteiger partial charge in [0.1, 0.15) is 5.75 Å². The van der Waals surface area contributed by atoms with E-state index in [0.717, 1.165) is 18.6 Å². The molecule has 4 nitrogen and oxygen atoms in total. The van der Waals surface area contributed by atoms with E-state index in [2.05, 4.69) is 38.2 Å². The first-order valence-electron chi connectivity index (χ1n) is 7.63. The van der Waals surface area contributed by atoms with Gasteiger partial charge in [-0.3, -0.25) is 4.79 Å². The number of benzene rings is 1. The Morgan fingerprint density at radius 3 is 2.43 bits per heavy atom. The van der Waals surface area contributed by atoms with Gasteiger partial charge in [-0.2, -0.15) is 0 Å². The summed E-state index contributed by atoms with van der Waals surface area (Å²) in [4.78, 5) is 11.5. The van der Waals surface area contributed by atoms with E-state index < -0.39 is 0 Å². The summed E-state index contributed by atoms with van der Waals surface area (Å²) in [5, 5.41) is 2.83. The van der Waals surface area contributed by atoms with Crippen LogP contribution in [0.15, 0.2) is 24.3 Å². The zero-order valence-electron chi connectivity index (χ0n) is 13.4. The third-order valence-electron chi connectivity index (χ3n) is 3.24. The van der Waals surface area contributed by atoms with Crippen LogP contribution >= 0.6 is 0 Å². The summed E-state index contributed by atoms with van der Waals surface area (Å²) < 4.78 is 5.65. The molecule has 118 valence electrons. The summed E-state index contributed by atoms with van der Waals surface area (Å²) >= 11 is 0. The maximum Gasteiger partial charge on any atom is 0.220 e. The SMILES string of the molecule is CC(C)(C)c1ccc(OCCCC(=O)NCCCN)cc1. The molecule has 0 bridgehead atoms. The Kier molecular flexibility index (Phi) is 7.23. The number of carbonyl (C=O) groups is 1. The smallest absolute Gasteiger partial charge is 0.220 e. The summed E-state index contributed by atoms with van der Waals surface area (Å²) in [5.74, 6) is 0.918. The third kappa shape index (κ3) is 7.14. The van der Waals surface area contributed by atoms with E-state index in [9.17, 15) is 4.79 Å². The van der Waals surface area contributed by atoms with Gasteiger partial charge in [-0.05, 0) is 42.5 Å². The molecular weight excluding hydrogens is 264 g/mol. The second-order valence-corrected chi connectivity index (χ2v) is 6.22. The highest BCUT2D eigenvalue weighted by molar-refractivity contribution is 5.75. The van der Waals surface area contributed by atoms with E-state index in [-0.39, 0.29) is 11.3 Å². The van der Waals surface area contributed by atoms with E-state index >= 15 is 0 Å². The Hall–Kier alpha value is -1.55. The lowest BCUT2D eigenvalue weighted by atomic mass is 9.87. The highest BCUT2D eigenvalue weighted by Gasteiger charge is 2.12. The number of hydrogen-bond donors (Lipinski definition) is 2. The maximum absolute atomic E-state index is 11.5. The summed E-state index contributed by atoms with van der Waals surface area (Å²) in [6.07, 6.45) is 2.03. The van der Waals surface area contributed by atoms with Gasteiger partial charge in [-0.1, -0.05) is 32.9 Å². The van der Waals surface area contributed by atoms with Crippen LogP contribution in [0.3, 0.4) is 0 Å². The van der Waals surface area contributed by atoms with Crippen LogP contribution in [0, 0.1) is 0 Å². The van der Waals surface area contributed by atoms with Crippen molar-refractivity contribution in [3.05, 3.63) is 29.8 Å². The molecule has 0 aliphatic rings. The summed E-state index contributed by atoms with van der Waals surface area (Å²) in [6.45, 7) is 8.38. The Morgan fingerprint density at radius 2 is 1.86 bits per heavy atom. The van der Waals surface area contributed by atoms with Gasteiger partial charge in [0.2, 0.25) is 5.91 Å². The lowest BCUT2D eigenvalue weighted by molar-refractivity contribution is -0.121. The zero-order chi connectivity index (χ0) is 15.7. The van der Waals surface area contributed by atoms with Crippen LogP contribution in [0.25, 0.3) is 0 Å². The van der Waals surface area contributed by atoms with Gasteiger partial charge >= 0.3 is 0 Å².